The van der Waals surface area contributed by atoms with E-state index in [9.17, 15) is 14.3 Å². The number of hydrogen-bond acceptors (Lipinski definition) is 5. The molecule has 0 radical (unpaired) electrons. The van der Waals surface area contributed by atoms with Crippen LogP contribution in [0.3, 0.4) is 0 Å². The second kappa shape index (κ2) is 7.84. The summed E-state index contributed by atoms with van der Waals surface area (Å²) in [5.41, 5.74) is 2.26. The number of nitrogens with zero attached hydrogens (tertiary/aromatic N) is 6. The summed E-state index contributed by atoms with van der Waals surface area (Å²) < 4.78 is 36.8. The molecule has 2 aromatic carbocycles. The van der Waals surface area contributed by atoms with Crippen molar-refractivity contribution < 1.29 is 13.9 Å². The lowest BCUT2D eigenvalue weighted by Crippen LogP contribution is -2.46. The molecule has 2 saturated carbocycles. The number of aryl methyl sites for hydroxylation is 2. The van der Waals surface area contributed by atoms with Gasteiger partial charge in [0.1, 0.15) is 11.6 Å². The van der Waals surface area contributed by atoms with E-state index in [1.807, 2.05) is 10.7 Å². The molecule has 3 aromatic heterocycles. The molecule has 214 valence electrons. The first-order valence-corrected chi connectivity index (χ1v) is 14.5. The summed E-state index contributed by atoms with van der Waals surface area (Å²) in [6, 6.07) is 6.96. The fourth-order valence-corrected chi connectivity index (χ4v) is 7.48. The summed E-state index contributed by atoms with van der Waals surface area (Å²) in [6.07, 6.45) is 9.44. The van der Waals surface area contributed by atoms with Crippen molar-refractivity contribution in [3.05, 3.63) is 87.4 Å². The van der Waals surface area contributed by atoms with Crippen LogP contribution >= 0.6 is 0 Å². The molecule has 9 nitrogen and oxygen atoms in total. The van der Waals surface area contributed by atoms with Gasteiger partial charge in [-0.2, -0.15) is 10.2 Å². The van der Waals surface area contributed by atoms with Crippen molar-refractivity contribution in [1.29, 1.82) is 0 Å². The Morgan fingerprint density at radius 3 is 2.50 bits per heavy atom. The molecule has 11 heteroatoms. The average Bonchev–Trinajstić information content (AvgIpc) is 3.81. The van der Waals surface area contributed by atoms with Gasteiger partial charge in [-0.1, -0.05) is 0 Å². The van der Waals surface area contributed by atoms with Crippen LogP contribution in [-0.4, -0.2) is 44.9 Å². The molecule has 9 rings (SSSR count). The number of aromatic nitrogens is 6. The molecular weight excluding hydrogens is 540 g/mol. The largest absolute Gasteiger partial charge is 0.387 e. The highest BCUT2D eigenvalue weighted by Crippen LogP contribution is 2.59. The fraction of sp³-hybridized carbons (Fsp3) is 0.387. The Labute approximate surface area is 239 Å². The molecule has 2 bridgehead atoms. The third kappa shape index (κ3) is 3.10. The molecule has 2 N–H and O–H groups in total. The number of aliphatic hydroxyl groups is 1. The van der Waals surface area contributed by atoms with E-state index in [0.29, 0.717) is 58.1 Å². The van der Waals surface area contributed by atoms with E-state index in [4.69, 9.17) is 5.10 Å². The highest BCUT2D eigenvalue weighted by atomic mass is 19.1. The zero-order valence-corrected chi connectivity index (χ0v) is 23.2. The van der Waals surface area contributed by atoms with Crippen molar-refractivity contribution in [3.8, 4) is 17.2 Å². The molecule has 5 aromatic rings. The molecule has 3 fully saturated rings. The van der Waals surface area contributed by atoms with Gasteiger partial charge in [-0.3, -0.25) is 13.8 Å². The highest BCUT2D eigenvalue weighted by molar-refractivity contribution is 5.82. The topological polar surface area (TPSA) is 94.8 Å². The van der Waals surface area contributed by atoms with Gasteiger partial charge in [0.2, 0.25) is 0 Å². The van der Waals surface area contributed by atoms with Crippen LogP contribution in [-0.2, 0) is 6.42 Å². The van der Waals surface area contributed by atoms with E-state index in [2.05, 4.69) is 10.4 Å². The standard InChI is InChI=1S/C31H29F2N7O2/c1-16-11-19(12-17(2)26(16)32)40-28(25-21-13-31(42,14-22(25)36-40)30(35-21)7-8-30)38-10-9-37(29(38)41)24-6-5-23-20(27(24)33)15-34-39(23)18-3-4-18/h5-6,9-12,15,18,21,35,42H,3-4,7-8,13-14H2,1-2H3/t21-,31?/m0/s1. The summed E-state index contributed by atoms with van der Waals surface area (Å²) in [6.45, 7) is 3.40. The van der Waals surface area contributed by atoms with E-state index in [1.54, 1.807) is 49.1 Å². The highest BCUT2D eigenvalue weighted by Gasteiger charge is 2.67. The summed E-state index contributed by atoms with van der Waals surface area (Å²) in [7, 11) is 0. The first-order valence-electron chi connectivity index (χ1n) is 14.5. The number of imidazole rings is 1. The van der Waals surface area contributed by atoms with Crippen molar-refractivity contribution in [1.82, 2.24) is 34.0 Å². The van der Waals surface area contributed by atoms with E-state index in [-0.39, 0.29) is 23.1 Å². The van der Waals surface area contributed by atoms with Crippen LogP contribution in [0.1, 0.15) is 66.6 Å². The minimum Gasteiger partial charge on any atom is -0.387 e. The number of rotatable bonds is 4. The van der Waals surface area contributed by atoms with Gasteiger partial charge in [-0.15, -0.1) is 0 Å². The van der Waals surface area contributed by atoms with E-state index < -0.39 is 17.1 Å². The molecule has 1 unspecified atom stereocenters. The SMILES string of the molecule is Cc1cc(-n2nc3c(c2-n2ccn(-c4ccc5c(cnn5C5CC5)c4F)c2=O)[C@@H]2CC(O)(C3)C3(CC3)N2)cc(C)c1F. The van der Waals surface area contributed by atoms with Gasteiger partial charge < -0.3 is 10.4 Å². The molecular formula is C31H29F2N7O2. The number of nitrogens with one attached hydrogen (secondary N) is 1. The Morgan fingerprint density at radius 1 is 1.05 bits per heavy atom. The number of benzene rings is 2. The smallest absolute Gasteiger partial charge is 0.338 e. The van der Waals surface area contributed by atoms with E-state index in [0.717, 1.165) is 31.2 Å². The maximum atomic E-state index is 15.9. The second-order valence-electron chi connectivity index (χ2n) is 12.7. The molecule has 3 aliphatic carbocycles. The first-order chi connectivity index (χ1) is 20.2. The zero-order valence-electron chi connectivity index (χ0n) is 23.2. The van der Waals surface area contributed by atoms with Crippen LogP contribution in [0.25, 0.3) is 28.1 Å². The third-order valence-electron chi connectivity index (χ3n) is 9.93. The summed E-state index contributed by atoms with van der Waals surface area (Å²) >= 11 is 0. The molecule has 1 spiro atoms. The van der Waals surface area contributed by atoms with Gasteiger partial charge in [0, 0.05) is 36.0 Å². The molecule has 4 aliphatic rings. The minimum absolute atomic E-state index is 0.139. The van der Waals surface area contributed by atoms with Crippen molar-refractivity contribution in [3.63, 3.8) is 0 Å². The van der Waals surface area contributed by atoms with Gasteiger partial charge in [-0.05, 0) is 81.3 Å². The molecule has 0 amide bonds. The third-order valence-corrected chi connectivity index (χ3v) is 9.93. The Balaban J connectivity index is 1.24. The van der Waals surface area contributed by atoms with Gasteiger partial charge in [-0.25, -0.2) is 18.3 Å². The van der Waals surface area contributed by atoms with Crippen molar-refractivity contribution >= 4 is 10.9 Å². The summed E-state index contributed by atoms with van der Waals surface area (Å²) in [5, 5.41) is 25.0. The normalized spacial score (nSPS) is 23.7. The van der Waals surface area contributed by atoms with Gasteiger partial charge >= 0.3 is 5.69 Å². The Hall–Kier alpha value is -4.09. The van der Waals surface area contributed by atoms with Crippen LogP contribution in [0, 0.1) is 25.5 Å². The van der Waals surface area contributed by atoms with Crippen molar-refractivity contribution in [2.45, 2.75) is 75.6 Å². The molecule has 1 aliphatic heterocycles. The number of hydrogen-bond donors (Lipinski definition) is 2. The fourth-order valence-electron chi connectivity index (χ4n) is 7.48. The molecule has 2 atom stereocenters. The van der Waals surface area contributed by atoms with Gasteiger partial charge in [0.25, 0.3) is 0 Å². The molecule has 1 saturated heterocycles. The molecule has 42 heavy (non-hydrogen) atoms. The number of halogens is 2. The second-order valence-corrected chi connectivity index (χ2v) is 12.7. The Bertz CT molecular complexity index is 2020. The van der Waals surface area contributed by atoms with Crippen LogP contribution in [0.15, 0.2) is 47.7 Å². The Kier molecular flexibility index (Phi) is 4.57. The average molecular weight is 570 g/mol. The Morgan fingerprint density at radius 2 is 1.79 bits per heavy atom. The van der Waals surface area contributed by atoms with Crippen LogP contribution < -0.4 is 11.0 Å². The van der Waals surface area contributed by atoms with Crippen molar-refractivity contribution in [2.24, 2.45) is 0 Å². The quantitative estimate of drug-likeness (QED) is 0.338. The number of fused-ring (bicyclic) bond motifs is 6. The molecule has 4 heterocycles. The van der Waals surface area contributed by atoms with Gasteiger partial charge in [0.05, 0.1) is 45.8 Å². The lowest BCUT2D eigenvalue weighted by atomic mass is 9.80. The van der Waals surface area contributed by atoms with Crippen molar-refractivity contribution in [2.75, 3.05) is 0 Å². The zero-order chi connectivity index (χ0) is 28.7. The lowest BCUT2D eigenvalue weighted by molar-refractivity contribution is 0.0137. The predicted octanol–water partition coefficient (Wildman–Crippen LogP) is 4.25. The first kappa shape index (κ1) is 24.5. The summed E-state index contributed by atoms with van der Waals surface area (Å²) in [5.74, 6) is -0.278. The van der Waals surface area contributed by atoms with Gasteiger partial charge in [0.15, 0.2) is 5.82 Å². The van der Waals surface area contributed by atoms with E-state index in [1.165, 1.54) is 15.3 Å². The maximum Gasteiger partial charge on any atom is 0.338 e. The predicted molar refractivity (Wildman–Crippen MR) is 151 cm³/mol. The minimum atomic E-state index is -0.907. The lowest BCUT2D eigenvalue weighted by Gasteiger charge is -2.30. The van der Waals surface area contributed by atoms with Crippen LogP contribution in [0.5, 0.6) is 0 Å². The monoisotopic (exact) mass is 569 g/mol. The van der Waals surface area contributed by atoms with E-state index >= 15 is 4.39 Å². The maximum absolute atomic E-state index is 15.9. The van der Waals surface area contributed by atoms with Crippen LogP contribution in [0.2, 0.25) is 0 Å². The summed E-state index contributed by atoms with van der Waals surface area (Å²) in [4.78, 5) is 14.1. The van der Waals surface area contributed by atoms with Crippen LogP contribution in [0.4, 0.5) is 8.78 Å².